The van der Waals surface area contributed by atoms with E-state index in [1.54, 1.807) is 0 Å². The van der Waals surface area contributed by atoms with Gasteiger partial charge in [0.15, 0.2) is 17.4 Å². The van der Waals surface area contributed by atoms with Crippen LogP contribution in [0.4, 0.5) is 0 Å². The third kappa shape index (κ3) is 10.7. The monoisotopic (exact) mass is 120 g/mol. The van der Waals surface area contributed by atoms with Gasteiger partial charge in [0, 0.05) is 6.61 Å². The lowest BCUT2D eigenvalue weighted by atomic mass is 10.5. The zero-order valence-corrected chi connectivity index (χ0v) is 3.98. The van der Waals surface area contributed by atoms with E-state index in [2.05, 4.69) is 4.74 Å². The first-order chi connectivity index (χ1) is 2.91. The highest BCUT2D eigenvalue weighted by Gasteiger charge is 1.73. The van der Waals surface area contributed by atoms with Gasteiger partial charge in [-0.15, -0.1) is 0 Å². The topological polar surface area (TPSA) is 29.5 Å². The Hall–Kier alpha value is 0.452. The third-order valence-corrected chi connectivity index (χ3v) is 0.440. The van der Waals surface area contributed by atoms with Crippen molar-refractivity contribution in [3.63, 3.8) is 0 Å². The van der Waals surface area contributed by atoms with Crippen LogP contribution < -0.4 is 0 Å². The summed E-state index contributed by atoms with van der Waals surface area (Å²) in [6.45, 7) is 2.51. The van der Waals surface area contributed by atoms with E-state index < -0.39 is 0 Å². The van der Waals surface area contributed by atoms with Crippen molar-refractivity contribution in [3.05, 3.63) is 0 Å². The van der Waals surface area contributed by atoms with E-state index in [1.807, 2.05) is 6.92 Å². The lowest BCUT2D eigenvalue weighted by Gasteiger charge is -1.90. The van der Waals surface area contributed by atoms with E-state index in [1.165, 1.54) is 0 Å². The highest BCUT2D eigenvalue weighted by atomic mass is 27.0. The molecule has 0 spiro atoms. The van der Waals surface area contributed by atoms with Crippen LogP contribution in [0.15, 0.2) is 0 Å². The Morgan fingerprint density at radius 1 is 1.57 bits per heavy atom. The molecule has 3 heteroatoms. The lowest BCUT2D eigenvalue weighted by Crippen LogP contribution is -1.91. The van der Waals surface area contributed by atoms with Crippen molar-refractivity contribution in [2.75, 3.05) is 13.4 Å². The van der Waals surface area contributed by atoms with Crippen LogP contribution in [0.2, 0.25) is 0 Å². The van der Waals surface area contributed by atoms with Gasteiger partial charge in [-0.05, 0) is 6.42 Å². The molecule has 7 heavy (non-hydrogen) atoms. The van der Waals surface area contributed by atoms with Crippen LogP contribution in [0.25, 0.3) is 0 Å². The summed E-state index contributed by atoms with van der Waals surface area (Å²) < 4.78 is 4.54. The summed E-state index contributed by atoms with van der Waals surface area (Å²) in [6, 6.07) is 0. The molecule has 0 bridgehead atoms. The summed E-state index contributed by atoms with van der Waals surface area (Å²) >= 11 is 0. The molecule has 0 fully saturated rings. The lowest BCUT2D eigenvalue weighted by molar-refractivity contribution is -0.000864. The van der Waals surface area contributed by atoms with E-state index >= 15 is 0 Å². The van der Waals surface area contributed by atoms with Gasteiger partial charge < -0.3 is 9.84 Å². The van der Waals surface area contributed by atoms with Crippen molar-refractivity contribution in [1.29, 1.82) is 0 Å². The number of hydrogen-bond donors (Lipinski definition) is 1. The van der Waals surface area contributed by atoms with Gasteiger partial charge in [-0.2, -0.15) is 0 Å². The molecule has 0 aromatic rings. The standard InChI is InChI=1S/C4H10O2.Al.3H/c1-2-3-6-4-5;;;;/h5H,2-4H2,1H3;;;;. The second-order valence-corrected chi connectivity index (χ2v) is 1.04. The fourth-order valence-corrected chi connectivity index (χ4v) is 0.209. The maximum atomic E-state index is 7.98. The molecule has 0 radical (unpaired) electrons. The van der Waals surface area contributed by atoms with E-state index in [0.29, 0.717) is 6.61 Å². The fraction of sp³-hybridized carbons (Fsp3) is 1.00. The first-order valence-electron chi connectivity index (χ1n) is 2.10. The van der Waals surface area contributed by atoms with Crippen LogP contribution in [0.5, 0.6) is 0 Å². The van der Waals surface area contributed by atoms with Gasteiger partial charge in [-0.3, -0.25) is 0 Å². The van der Waals surface area contributed by atoms with Gasteiger partial charge in [-0.25, -0.2) is 0 Å². The van der Waals surface area contributed by atoms with Gasteiger partial charge >= 0.3 is 0 Å². The molecule has 0 heterocycles. The van der Waals surface area contributed by atoms with Crippen molar-refractivity contribution < 1.29 is 9.84 Å². The predicted octanol–water partition coefficient (Wildman–Crippen LogP) is -0.821. The van der Waals surface area contributed by atoms with Crippen LogP contribution in [-0.2, 0) is 4.74 Å². The molecule has 0 aromatic carbocycles. The highest BCUT2D eigenvalue weighted by Crippen LogP contribution is 1.74. The van der Waals surface area contributed by atoms with E-state index in [0.717, 1.165) is 6.42 Å². The predicted molar refractivity (Wildman–Crippen MR) is 33.3 cm³/mol. The van der Waals surface area contributed by atoms with E-state index in [-0.39, 0.29) is 24.2 Å². The summed E-state index contributed by atoms with van der Waals surface area (Å²) in [7, 11) is 0. The molecule has 0 aromatic heterocycles. The number of hydrogen-bond acceptors (Lipinski definition) is 2. The largest absolute Gasteiger partial charge is 0.371 e. The normalized spacial score (nSPS) is 7.71. The Balaban J connectivity index is 0. The number of ether oxygens (including phenoxy) is 1. The summed E-state index contributed by atoms with van der Waals surface area (Å²) in [6.07, 6.45) is 0.973. The fourth-order valence-electron chi connectivity index (χ4n) is 0.209. The minimum Gasteiger partial charge on any atom is -0.371 e. The Bertz CT molecular complexity index is 21.7. The highest BCUT2D eigenvalue weighted by molar-refractivity contribution is 5.75. The first-order valence-corrected chi connectivity index (χ1v) is 2.10. The molecule has 0 aliphatic carbocycles. The molecule has 0 rings (SSSR count). The Morgan fingerprint density at radius 2 is 2.14 bits per heavy atom. The zero-order chi connectivity index (χ0) is 4.83. The number of aliphatic hydroxyl groups excluding tert-OH is 1. The molecule has 44 valence electrons. The smallest absolute Gasteiger partial charge is 0.187 e. The average Bonchev–Trinajstić information content (AvgIpc) is 1.61. The average molecular weight is 120 g/mol. The summed E-state index contributed by atoms with van der Waals surface area (Å²) in [5.41, 5.74) is 0. The Labute approximate surface area is 54.6 Å². The van der Waals surface area contributed by atoms with Gasteiger partial charge in [0.05, 0.1) is 0 Å². The first kappa shape index (κ1) is 10.4. The van der Waals surface area contributed by atoms with Crippen molar-refractivity contribution in [2.24, 2.45) is 0 Å². The molecule has 0 atom stereocenters. The van der Waals surface area contributed by atoms with Crippen molar-refractivity contribution in [2.45, 2.75) is 13.3 Å². The molecule has 0 saturated heterocycles. The molecule has 2 nitrogen and oxygen atoms in total. The van der Waals surface area contributed by atoms with Crippen LogP contribution in [0.3, 0.4) is 0 Å². The van der Waals surface area contributed by atoms with Crippen molar-refractivity contribution >= 4 is 17.4 Å². The minimum absolute atomic E-state index is 0. The molecular weight excluding hydrogens is 107 g/mol. The van der Waals surface area contributed by atoms with Gasteiger partial charge in [0.25, 0.3) is 0 Å². The zero-order valence-electron chi connectivity index (χ0n) is 3.98. The Morgan fingerprint density at radius 3 is 2.29 bits per heavy atom. The van der Waals surface area contributed by atoms with Crippen LogP contribution in [0, 0.1) is 0 Å². The summed E-state index contributed by atoms with van der Waals surface area (Å²) in [5.74, 6) is 0. The third-order valence-electron chi connectivity index (χ3n) is 0.440. The number of rotatable bonds is 3. The summed E-state index contributed by atoms with van der Waals surface area (Å²) in [5, 5.41) is 7.98. The van der Waals surface area contributed by atoms with Gasteiger partial charge in [0.1, 0.15) is 6.79 Å². The number of aliphatic hydroxyl groups is 1. The Kier molecular flexibility index (Phi) is 14.4. The maximum Gasteiger partial charge on any atom is 0.187 e. The molecular formula is C4H13AlO2. The van der Waals surface area contributed by atoms with Gasteiger partial charge in [-0.1, -0.05) is 6.92 Å². The minimum atomic E-state index is -0.145. The van der Waals surface area contributed by atoms with E-state index in [4.69, 9.17) is 5.11 Å². The second kappa shape index (κ2) is 9.68. The molecule has 0 unspecified atom stereocenters. The maximum absolute atomic E-state index is 7.98. The van der Waals surface area contributed by atoms with Gasteiger partial charge in [0.2, 0.25) is 0 Å². The molecule has 0 amide bonds. The summed E-state index contributed by atoms with van der Waals surface area (Å²) in [4.78, 5) is 0. The second-order valence-electron chi connectivity index (χ2n) is 1.04. The van der Waals surface area contributed by atoms with Crippen LogP contribution in [-0.4, -0.2) is 35.9 Å². The van der Waals surface area contributed by atoms with Crippen molar-refractivity contribution in [3.8, 4) is 0 Å². The SMILES string of the molecule is CCCOCO.[AlH3]. The molecule has 0 saturated carbocycles. The molecule has 1 N–H and O–H groups in total. The molecule has 0 aliphatic heterocycles. The quantitative estimate of drug-likeness (QED) is 0.299. The van der Waals surface area contributed by atoms with E-state index in [9.17, 15) is 0 Å². The van der Waals surface area contributed by atoms with Crippen LogP contribution in [0.1, 0.15) is 13.3 Å². The van der Waals surface area contributed by atoms with Crippen LogP contribution >= 0.6 is 0 Å². The van der Waals surface area contributed by atoms with Crippen molar-refractivity contribution in [1.82, 2.24) is 0 Å². The molecule has 0 aliphatic rings.